The zero-order chi connectivity index (χ0) is 21.6. The molecular formula is C24H21FN4OS. The number of rotatable bonds is 7. The lowest BCUT2D eigenvalue weighted by Crippen LogP contribution is -2.31. The molecule has 1 N–H and O–H groups in total. The molecule has 2 aromatic carbocycles. The third-order valence-electron chi connectivity index (χ3n) is 4.79. The van der Waals surface area contributed by atoms with Crippen LogP contribution in [0.3, 0.4) is 0 Å². The summed E-state index contributed by atoms with van der Waals surface area (Å²) in [5, 5.41) is 5.15. The molecule has 7 heteroatoms. The van der Waals surface area contributed by atoms with E-state index in [1.165, 1.54) is 23.5 Å². The molecule has 4 rings (SSSR count). The van der Waals surface area contributed by atoms with Crippen LogP contribution in [0.5, 0.6) is 0 Å². The summed E-state index contributed by atoms with van der Waals surface area (Å²) in [6, 6.07) is 21.4. The minimum absolute atomic E-state index is 0.00463. The van der Waals surface area contributed by atoms with E-state index in [0.29, 0.717) is 16.6 Å². The van der Waals surface area contributed by atoms with E-state index < -0.39 is 0 Å². The van der Waals surface area contributed by atoms with Gasteiger partial charge in [0.1, 0.15) is 11.6 Å². The van der Waals surface area contributed by atoms with Crippen LogP contribution in [-0.4, -0.2) is 15.9 Å². The number of amides is 1. The topological polar surface area (TPSA) is 58.1 Å². The molecule has 0 unspecified atom stereocenters. The Morgan fingerprint density at radius 2 is 1.84 bits per heavy atom. The maximum Gasteiger partial charge on any atom is 0.269 e. The number of benzene rings is 2. The molecule has 156 valence electrons. The van der Waals surface area contributed by atoms with Crippen molar-refractivity contribution in [2.75, 3.05) is 10.2 Å². The smallest absolute Gasteiger partial charge is 0.269 e. The van der Waals surface area contributed by atoms with Crippen molar-refractivity contribution >= 4 is 29.0 Å². The van der Waals surface area contributed by atoms with Gasteiger partial charge in [0.2, 0.25) is 5.95 Å². The van der Waals surface area contributed by atoms with E-state index in [-0.39, 0.29) is 24.3 Å². The van der Waals surface area contributed by atoms with Crippen molar-refractivity contribution in [1.82, 2.24) is 9.97 Å². The highest BCUT2D eigenvalue weighted by molar-refractivity contribution is 7.12. The Morgan fingerprint density at radius 1 is 1.06 bits per heavy atom. The summed E-state index contributed by atoms with van der Waals surface area (Å²) >= 11 is 1.37. The number of anilines is 2. The third-order valence-corrected chi connectivity index (χ3v) is 5.65. The Morgan fingerprint density at radius 3 is 2.55 bits per heavy atom. The predicted octanol–water partition coefficient (Wildman–Crippen LogP) is 5.70. The van der Waals surface area contributed by atoms with Crippen molar-refractivity contribution < 1.29 is 9.18 Å². The number of halogens is 1. The molecule has 0 saturated heterocycles. The number of nitrogens with one attached hydrogen (secondary N) is 1. The molecule has 1 amide bonds. The Balaban J connectivity index is 1.62. The van der Waals surface area contributed by atoms with E-state index >= 15 is 0 Å². The number of hydrogen-bond donors (Lipinski definition) is 1. The molecule has 0 aliphatic heterocycles. The van der Waals surface area contributed by atoms with Gasteiger partial charge in [-0.2, -0.15) is 4.98 Å². The largest absolute Gasteiger partial charge is 0.348 e. The number of hydrogen-bond acceptors (Lipinski definition) is 5. The molecule has 5 nitrogen and oxygen atoms in total. The van der Waals surface area contributed by atoms with Crippen molar-refractivity contribution in [3.8, 4) is 0 Å². The lowest BCUT2D eigenvalue weighted by Gasteiger charge is -2.22. The van der Waals surface area contributed by atoms with Gasteiger partial charge in [0.15, 0.2) is 0 Å². The van der Waals surface area contributed by atoms with Crippen molar-refractivity contribution in [2.45, 2.75) is 19.5 Å². The number of nitrogens with zero attached hydrogens (tertiary/aromatic N) is 3. The first kappa shape index (κ1) is 20.7. The Labute approximate surface area is 184 Å². The molecule has 1 atom stereocenters. The SMILES string of the molecule is C[C@@H](Nc1nccc(N(Cc2ccc(F)cc2)C(=O)c2cccs2)n1)c1ccccc1. The standard InChI is InChI=1S/C24H21FN4OS/c1-17(19-6-3-2-4-7-19)27-24-26-14-13-22(28-24)29(23(30)21-8-5-15-31-21)16-18-9-11-20(25)12-10-18/h2-15,17H,16H2,1H3,(H,26,27,28)/t17-/m1/s1. The molecule has 31 heavy (non-hydrogen) atoms. The van der Waals surface area contributed by atoms with Gasteiger partial charge in [0, 0.05) is 6.20 Å². The fourth-order valence-electron chi connectivity index (χ4n) is 3.15. The first-order valence-corrected chi connectivity index (χ1v) is 10.7. The highest BCUT2D eigenvalue weighted by atomic mass is 32.1. The van der Waals surface area contributed by atoms with E-state index in [4.69, 9.17) is 0 Å². The third kappa shape index (κ3) is 5.13. The molecule has 2 aromatic heterocycles. The second-order valence-corrected chi connectivity index (χ2v) is 7.96. The molecule has 0 aliphatic carbocycles. The Hall–Kier alpha value is -3.58. The van der Waals surface area contributed by atoms with Crippen LogP contribution in [0.25, 0.3) is 0 Å². The van der Waals surface area contributed by atoms with Gasteiger partial charge in [-0.05, 0) is 47.7 Å². The first-order chi connectivity index (χ1) is 15.1. The molecule has 2 heterocycles. The highest BCUT2D eigenvalue weighted by Crippen LogP contribution is 2.23. The zero-order valence-corrected chi connectivity index (χ0v) is 17.7. The summed E-state index contributed by atoms with van der Waals surface area (Å²) in [5.74, 6) is 0.417. The summed E-state index contributed by atoms with van der Waals surface area (Å²) in [6.45, 7) is 2.29. The monoisotopic (exact) mass is 432 g/mol. The second-order valence-electron chi connectivity index (χ2n) is 7.01. The second kappa shape index (κ2) is 9.49. The van der Waals surface area contributed by atoms with Gasteiger partial charge in [0.05, 0.1) is 17.5 Å². The van der Waals surface area contributed by atoms with Crippen LogP contribution in [-0.2, 0) is 6.54 Å². The fraction of sp³-hybridized carbons (Fsp3) is 0.125. The van der Waals surface area contributed by atoms with E-state index in [2.05, 4.69) is 15.3 Å². The van der Waals surface area contributed by atoms with Crippen LogP contribution in [0.1, 0.15) is 33.8 Å². The Bertz CT molecular complexity index is 1130. The normalized spacial score (nSPS) is 11.7. The van der Waals surface area contributed by atoms with Crippen molar-refractivity contribution in [1.29, 1.82) is 0 Å². The molecule has 0 radical (unpaired) electrons. The minimum atomic E-state index is -0.316. The predicted molar refractivity (Wildman–Crippen MR) is 122 cm³/mol. The summed E-state index contributed by atoms with van der Waals surface area (Å²) in [7, 11) is 0. The quantitative estimate of drug-likeness (QED) is 0.407. The zero-order valence-electron chi connectivity index (χ0n) is 16.9. The number of thiophene rings is 1. The average Bonchev–Trinajstić information content (AvgIpc) is 3.34. The van der Waals surface area contributed by atoms with E-state index in [0.717, 1.165) is 11.1 Å². The molecule has 4 aromatic rings. The molecule has 0 bridgehead atoms. The van der Waals surface area contributed by atoms with Gasteiger partial charge in [-0.25, -0.2) is 9.37 Å². The number of carbonyl (C=O) groups is 1. The van der Waals surface area contributed by atoms with Gasteiger partial charge >= 0.3 is 0 Å². The summed E-state index contributed by atoms with van der Waals surface area (Å²) in [5.41, 5.74) is 1.91. The van der Waals surface area contributed by atoms with Crippen LogP contribution in [0.4, 0.5) is 16.2 Å². The van der Waals surface area contributed by atoms with Crippen molar-refractivity contribution in [3.05, 3.63) is 106 Å². The lowest BCUT2D eigenvalue weighted by atomic mass is 10.1. The Kier molecular flexibility index (Phi) is 6.33. The van der Waals surface area contributed by atoms with Crippen LogP contribution in [0.2, 0.25) is 0 Å². The van der Waals surface area contributed by atoms with Crippen molar-refractivity contribution in [2.24, 2.45) is 0 Å². The number of aromatic nitrogens is 2. The molecule has 0 spiro atoms. The fourth-order valence-corrected chi connectivity index (χ4v) is 3.82. The molecule has 0 fully saturated rings. The highest BCUT2D eigenvalue weighted by Gasteiger charge is 2.21. The maximum atomic E-state index is 13.3. The summed E-state index contributed by atoms with van der Waals surface area (Å²) < 4.78 is 13.3. The van der Waals surface area contributed by atoms with Gasteiger partial charge in [-0.15, -0.1) is 11.3 Å². The number of carbonyl (C=O) groups excluding carboxylic acids is 1. The van der Waals surface area contributed by atoms with Gasteiger partial charge < -0.3 is 5.32 Å². The maximum absolute atomic E-state index is 13.3. The van der Waals surface area contributed by atoms with Crippen LogP contribution >= 0.6 is 11.3 Å². The lowest BCUT2D eigenvalue weighted by molar-refractivity contribution is 0.0988. The molecular weight excluding hydrogens is 411 g/mol. The van der Waals surface area contributed by atoms with Crippen LogP contribution in [0, 0.1) is 5.82 Å². The van der Waals surface area contributed by atoms with E-state index in [1.807, 2.05) is 48.7 Å². The van der Waals surface area contributed by atoms with E-state index in [1.54, 1.807) is 35.4 Å². The molecule has 0 saturated carbocycles. The average molecular weight is 433 g/mol. The summed E-state index contributed by atoms with van der Waals surface area (Å²) in [4.78, 5) is 24.3. The van der Waals surface area contributed by atoms with Gasteiger partial charge in [0.25, 0.3) is 5.91 Å². The molecule has 0 aliphatic rings. The minimum Gasteiger partial charge on any atom is -0.348 e. The first-order valence-electron chi connectivity index (χ1n) is 9.84. The van der Waals surface area contributed by atoms with Gasteiger partial charge in [-0.1, -0.05) is 48.5 Å². The van der Waals surface area contributed by atoms with E-state index in [9.17, 15) is 9.18 Å². The van der Waals surface area contributed by atoms with Crippen LogP contribution in [0.15, 0.2) is 84.4 Å². The van der Waals surface area contributed by atoms with Gasteiger partial charge in [-0.3, -0.25) is 9.69 Å². The van der Waals surface area contributed by atoms with Crippen molar-refractivity contribution in [3.63, 3.8) is 0 Å². The van der Waals surface area contributed by atoms with Crippen LogP contribution < -0.4 is 10.2 Å². The summed E-state index contributed by atoms with van der Waals surface area (Å²) in [6.07, 6.45) is 1.63.